The topological polar surface area (TPSA) is 66.6 Å². The van der Waals surface area contributed by atoms with Crippen LogP contribution in [0.15, 0.2) is 16.6 Å². The summed E-state index contributed by atoms with van der Waals surface area (Å²) in [5.74, 6) is 0.0587. The van der Waals surface area contributed by atoms with Gasteiger partial charge >= 0.3 is 5.97 Å². The highest BCUT2D eigenvalue weighted by atomic mass is 79.9. The molecule has 0 aliphatic carbocycles. The van der Waals surface area contributed by atoms with E-state index >= 15 is 0 Å². The molecule has 1 fully saturated rings. The molecule has 2 unspecified atom stereocenters. The van der Waals surface area contributed by atoms with Gasteiger partial charge in [0, 0.05) is 33.7 Å². The van der Waals surface area contributed by atoms with Gasteiger partial charge in [0.1, 0.15) is 0 Å². The van der Waals surface area contributed by atoms with Crippen LogP contribution in [0.25, 0.3) is 0 Å². The number of anilines is 2. The van der Waals surface area contributed by atoms with Crippen LogP contribution in [0, 0.1) is 0 Å². The average Bonchev–Trinajstić information content (AvgIpc) is 2.33. The Labute approximate surface area is 125 Å². The SMILES string of the molecule is CC1SCCN(c2cc(C(=O)O)c(N)cc2Br)C1C. The van der Waals surface area contributed by atoms with Gasteiger partial charge in [-0.1, -0.05) is 6.92 Å². The van der Waals surface area contributed by atoms with E-state index in [1.165, 1.54) is 0 Å². The third-order valence-corrected chi connectivity index (χ3v) is 5.52. The maximum atomic E-state index is 11.2. The smallest absolute Gasteiger partial charge is 0.337 e. The summed E-state index contributed by atoms with van der Waals surface area (Å²) < 4.78 is 0.848. The lowest BCUT2D eigenvalue weighted by molar-refractivity contribution is 0.0698. The minimum Gasteiger partial charge on any atom is -0.478 e. The molecule has 0 spiro atoms. The molecule has 1 aromatic carbocycles. The third-order valence-electron chi connectivity index (χ3n) is 3.54. The van der Waals surface area contributed by atoms with Gasteiger partial charge in [-0.15, -0.1) is 0 Å². The maximum absolute atomic E-state index is 11.2. The molecule has 19 heavy (non-hydrogen) atoms. The van der Waals surface area contributed by atoms with Crippen molar-refractivity contribution in [1.82, 2.24) is 0 Å². The van der Waals surface area contributed by atoms with Gasteiger partial charge in [0.05, 0.1) is 11.3 Å². The second-order valence-electron chi connectivity index (χ2n) is 4.71. The van der Waals surface area contributed by atoms with Crippen LogP contribution in [-0.2, 0) is 0 Å². The van der Waals surface area contributed by atoms with Crippen molar-refractivity contribution in [1.29, 1.82) is 0 Å². The molecule has 1 aliphatic heterocycles. The zero-order valence-electron chi connectivity index (χ0n) is 10.9. The van der Waals surface area contributed by atoms with E-state index in [9.17, 15) is 9.90 Å². The number of nitrogen functional groups attached to an aromatic ring is 1. The molecule has 0 amide bonds. The normalized spacial score (nSPS) is 23.4. The van der Waals surface area contributed by atoms with Gasteiger partial charge in [0.25, 0.3) is 0 Å². The summed E-state index contributed by atoms with van der Waals surface area (Å²) in [7, 11) is 0. The maximum Gasteiger partial charge on any atom is 0.337 e. The van der Waals surface area contributed by atoms with Crippen LogP contribution in [0.2, 0.25) is 0 Å². The Morgan fingerprint density at radius 2 is 2.21 bits per heavy atom. The van der Waals surface area contributed by atoms with Crippen LogP contribution in [0.3, 0.4) is 0 Å². The molecular formula is C13H17BrN2O2S. The van der Waals surface area contributed by atoms with Crippen molar-refractivity contribution in [3.8, 4) is 0 Å². The highest BCUT2D eigenvalue weighted by Crippen LogP contribution is 2.36. The van der Waals surface area contributed by atoms with Gasteiger partial charge in [-0.3, -0.25) is 0 Å². The van der Waals surface area contributed by atoms with Crippen LogP contribution < -0.4 is 10.6 Å². The van der Waals surface area contributed by atoms with E-state index < -0.39 is 5.97 Å². The third kappa shape index (κ3) is 2.84. The second kappa shape index (κ2) is 5.63. The van der Waals surface area contributed by atoms with Crippen molar-refractivity contribution < 1.29 is 9.90 Å². The number of halogens is 1. The molecule has 1 heterocycles. The number of aromatic carboxylic acids is 1. The number of hydrogen-bond acceptors (Lipinski definition) is 4. The molecule has 2 atom stereocenters. The summed E-state index contributed by atoms with van der Waals surface area (Å²) in [6, 6.07) is 3.71. The lowest BCUT2D eigenvalue weighted by Gasteiger charge is -2.39. The molecule has 0 saturated carbocycles. The van der Waals surface area contributed by atoms with Crippen LogP contribution in [0.5, 0.6) is 0 Å². The quantitative estimate of drug-likeness (QED) is 0.807. The minimum absolute atomic E-state index is 0.163. The van der Waals surface area contributed by atoms with Crippen LogP contribution in [0.1, 0.15) is 24.2 Å². The number of rotatable bonds is 2. The summed E-state index contributed by atoms with van der Waals surface area (Å²) >= 11 is 5.44. The summed E-state index contributed by atoms with van der Waals surface area (Å²) in [5, 5.41) is 9.70. The number of nitrogens with zero attached hydrogens (tertiary/aromatic N) is 1. The summed E-state index contributed by atoms with van der Waals surface area (Å²) in [6.45, 7) is 5.28. The summed E-state index contributed by atoms with van der Waals surface area (Å²) in [4.78, 5) is 13.4. The van der Waals surface area contributed by atoms with E-state index in [1.807, 2.05) is 11.8 Å². The fourth-order valence-electron chi connectivity index (χ4n) is 2.26. The van der Waals surface area contributed by atoms with Gasteiger partial charge < -0.3 is 15.7 Å². The highest BCUT2D eigenvalue weighted by molar-refractivity contribution is 9.10. The number of hydrogen-bond donors (Lipinski definition) is 2. The molecule has 1 aromatic rings. The van der Waals surface area contributed by atoms with Crippen LogP contribution >= 0.6 is 27.7 Å². The fraction of sp³-hybridized carbons (Fsp3) is 0.462. The Morgan fingerprint density at radius 1 is 1.53 bits per heavy atom. The highest BCUT2D eigenvalue weighted by Gasteiger charge is 2.27. The Kier molecular flexibility index (Phi) is 4.30. The Morgan fingerprint density at radius 3 is 2.84 bits per heavy atom. The lowest BCUT2D eigenvalue weighted by Crippen LogP contribution is -2.45. The molecule has 6 heteroatoms. The molecule has 0 aromatic heterocycles. The number of thioether (sulfide) groups is 1. The van der Waals surface area contributed by atoms with Gasteiger partial charge in [-0.05, 0) is 35.0 Å². The minimum atomic E-state index is -0.988. The first-order valence-corrected chi connectivity index (χ1v) is 7.96. The molecule has 0 radical (unpaired) electrons. The van der Waals surface area contributed by atoms with Crippen molar-refractivity contribution in [2.45, 2.75) is 25.1 Å². The Balaban J connectivity index is 2.44. The van der Waals surface area contributed by atoms with E-state index in [0.717, 1.165) is 22.5 Å². The molecular weight excluding hydrogens is 328 g/mol. The van der Waals surface area contributed by atoms with Crippen molar-refractivity contribution in [2.75, 3.05) is 22.9 Å². The van der Waals surface area contributed by atoms with Crippen molar-refractivity contribution in [2.24, 2.45) is 0 Å². The van der Waals surface area contributed by atoms with E-state index in [2.05, 4.69) is 34.7 Å². The lowest BCUT2D eigenvalue weighted by atomic mass is 10.1. The second-order valence-corrected chi connectivity index (χ2v) is 7.05. The van der Waals surface area contributed by atoms with Gasteiger partial charge in [-0.2, -0.15) is 11.8 Å². The number of carbonyl (C=O) groups is 1. The molecule has 2 rings (SSSR count). The predicted octanol–water partition coefficient (Wildman–Crippen LogP) is 3.06. The molecule has 1 aliphatic rings. The molecule has 1 saturated heterocycles. The summed E-state index contributed by atoms with van der Waals surface area (Å²) in [6.07, 6.45) is 0. The molecule has 4 nitrogen and oxygen atoms in total. The number of carboxylic acid groups (broad SMARTS) is 1. The van der Waals surface area contributed by atoms with E-state index in [-0.39, 0.29) is 11.3 Å². The fourth-order valence-corrected chi connectivity index (χ4v) is 3.94. The first-order valence-electron chi connectivity index (χ1n) is 6.12. The Hall–Kier alpha value is -0.880. The van der Waals surface area contributed by atoms with Crippen molar-refractivity contribution in [3.05, 3.63) is 22.2 Å². The summed E-state index contributed by atoms with van der Waals surface area (Å²) in [5.41, 5.74) is 7.11. The van der Waals surface area contributed by atoms with E-state index in [4.69, 9.17) is 5.73 Å². The van der Waals surface area contributed by atoms with Crippen LogP contribution in [-0.4, -0.2) is 34.7 Å². The monoisotopic (exact) mass is 344 g/mol. The standard InChI is InChI=1S/C13H17BrN2O2S/c1-7-8(2)19-4-3-16(7)12-5-9(13(17)18)11(15)6-10(12)14/h5-8H,3-4,15H2,1-2H3,(H,17,18). The zero-order chi connectivity index (χ0) is 14.2. The average molecular weight is 345 g/mol. The number of benzene rings is 1. The first-order chi connectivity index (χ1) is 8.91. The molecule has 104 valence electrons. The number of carboxylic acids is 1. The van der Waals surface area contributed by atoms with Gasteiger partial charge in [0.15, 0.2) is 0 Å². The Bertz CT molecular complexity index is 510. The van der Waals surface area contributed by atoms with E-state index in [1.54, 1.807) is 12.1 Å². The largest absolute Gasteiger partial charge is 0.478 e. The zero-order valence-corrected chi connectivity index (χ0v) is 13.3. The molecule has 0 bridgehead atoms. The van der Waals surface area contributed by atoms with Gasteiger partial charge in [-0.25, -0.2) is 4.79 Å². The van der Waals surface area contributed by atoms with Crippen LogP contribution in [0.4, 0.5) is 11.4 Å². The predicted molar refractivity (Wildman–Crippen MR) is 84.2 cm³/mol. The molecule has 3 N–H and O–H groups in total. The van der Waals surface area contributed by atoms with Crippen molar-refractivity contribution in [3.63, 3.8) is 0 Å². The first kappa shape index (κ1) is 14.5. The van der Waals surface area contributed by atoms with Gasteiger partial charge in [0.2, 0.25) is 0 Å². The van der Waals surface area contributed by atoms with E-state index in [0.29, 0.717) is 11.3 Å². The number of nitrogens with two attached hydrogens (primary N) is 1. The van der Waals surface area contributed by atoms with Crippen molar-refractivity contribution >= 4 is 45.0 Å².